The molecule has 0 spiro atoms. The molecule has 6 nitrogen and oxygen atoms in total. The van der Waals surface area contributed by atoms with Crippen molar-refractivity contribution in [1.82, 2.24) is 9.29 Å². The zero-order valence-electron chi connectivity index (χ0n) is 13.0. The van der Waals surface area contributed by atoms with E-state index in [-0.39, 0.29) is 18.9 Å². The van der Waals surface area contributed by atoms with Crippen molar-refractivity contribution in [1.29, 1.82) is 0 Å². The van der Waals surface area contributed by atoms with Crippen LogP contribution in [-0.4, -0.2) is 31.7 Å². The molecule has 22 heavy (non-hydrogen) atoms. The lowest BCUT2D eigenvalue weighted by Crippen LogP contribution is -2.26. The lowest BCUT2D eigenvalue weighted by molar-refractivity contribution is -0.116. The van der Waals surface area contributed by atoms with Gasteiger partial charge in [0.25, 0.3) is 0 Å². The molecular weight excluding hydrogens is 302 g/mol. The molecule has 7 heteroatoms. The Morgan fingerprint density at radius 1 is 1.27 bits per heavy atom. The van der Waals surface area contributed by atoms with Gasteiger partial charge >= 0.3 is 0 Å². The molecule has 2 aromatic rings. The molecule has 0 aliphatic heterocycles. The van der Waals surface area contributed by atoms with Crippen LogP contribution in [0, 0.1) is 6.92 Å². The number of nitrogens with zero attached hydrogens (tertiary/aromatic N) is 1. The van der Waals surface area contributed by atoms with Crippen molar-refractivity contribution in [2.45, 2.75) is 26.8 Å². The lowest BCUT2D eigenvalue weighted by atomic mass is 10.2. The van der Waals surface area contributed by atoms with Crippen LogP contribution in [0.3, 0.4) is 0 Å². The molecule has 0 aliphatic rings. The third-order valence-electron chi connectivity index (χ3n) is 3.42. The predicted octanol–water partition coefficient (Wildman–Crippen LogP) is 1.85. The van der Waals surface area contributed by atoms with Crippen molar-refractivity contribution in [2.75, 3.05) is 18.1 Å². The quantitative estimate of drug-likeness (QED) is 0.851. The van der Waals surface area contributed by atoms with Gasteiger partial charge in [-0.25, -0.2) is 13.1 Å². The van der Waals surface area contributed by atoms with E-state index in [0.29, 0.717) is 5.69 Å². The highest BCUT2D eigenvalue weighted by atomic mass is 32.2. The number of carbonyl (C=O) groups excluding carboxylic acids is 1. The maximum absolute atomic E-state index is 11.8. The number of amides is 1. The van der Waals surface area contributed by atoms with E-state index < -0.39 is 10.0 Å². The minimum atomic E-state index is -3.26. The summed E-state index contributed by atoms with van der Waals surface area (Å²) in [5.74, 6) is -0.220. The number of sulfonamides is 1. The Bertz CT molecular complexity index is 794. The minimum absolute atomic E-state index is 0.0955. The largest absolute Gasteiger partial charge is 0.345 e. The Labute approximate surface area is 130 Å². The summed E-state index contributed by atoms with van der Waals surface area (Å²) in [5, 5.41) is 3.86. The first-order valence-electron chi connectivity index (χ1n) is 7.14. The average Bonchev–Trinajstić information content (AvgIpc) is 2.71. The number of anilines is 1. The molecular formula is C15H21N3O3S. The monoisotopic (exact) mass is 323 g/mol. The first kappa shape index (κ1) is 16.5. The fourth-order valence-electron chi connectivity index (χ4n) is 2.48. The third kappa shape index (κ3) is 4.08. The number of nitrogens with one attached hydrogen (secondary N) is 2. The molecule has 1 aromatic heterocycles. The van der Waals surface area contributed by atoms with Crippen LogP contribution < -0.4 is 10.0 Å². The molecule has 1 heterocycles. The standard InChI is InChI=1S/C15H21N3O3S/c1-4-18-11(2)9-12-10-13(5-6-14(12)18)17-15(19)7-8-16-22(3,20)21/h5-6,9-10,16H,4,7-8H2,1-3H3,(H,17,19). The number of hydrogen-bond donors (Lipinski definition) is 2. The lowest BCUT2D eigenvalue weighted by Gasteiger charge is -2.07. The topological polar surface area (TPSA) is 80.2 Å². The van der Waals surface area contributed by atoms with Gasteiger partial charge in [-0.05, 0) is 38.1 Å². The summed E-state index contributed by atoms with van der Waals surface area (Å²) in [6, 6.07) is 7.85. The normalized spacial score (nSPS) is 11.8. The number of benzene rings is 1. The van der Waals surface area contributed by atoms with Gasteiger partial charge in [-0.2, -0.15) is 0 Å². The highest BCUT2D eigenvalue weighted by Gasteiger charge is 2.08. The van der Waals surface area contributed by atoms with Gasteiger partial charge in [0.1, 0.15) is 0 Å². The summed E-state index contributed by atoms with van der Waals surface area (Å²) in [6.45, 7) is 5.14. The second-order valence-electron chi connectivity index (χ2n) is 5.27. The Kier molecular flexibility index (Phi) is 4.87. The Balaban J connectivity index is 2.04. The molecule has 1 aromatic carbocycles. The van der Waals surface area contributed by atoms with Crippen LogP contribution in [0.5, 0.6) is 0 Å². The molecule has 0 saturated carbocycles. The second-order valence-corrected chi connectivity index (χ2v) is 7.10. The summed E-state index contributed by atoms with van der Waals surface area (Å²) in [4.78, 5) is 11.8. The second kappa shape index (κ2) is 6.50. The molecule has 0 bridgehead atoms. The maximum Gasteiger partial charge on any atom is 0.225 e. The first-order chi connectivity index (χ1) is 10.3. The highest BCUT2D eigenvalue weighted by Crippen LogP contribution is 2.23. The molecule has 2 rings (SSSR count). The van der Waals surface area contributed by atoms with E-state index in [0.717, 1.165) is 23.7 Å². The number of fused-ring (bicyclic) bond motifs is 1. The van der Waals surface area contributed by atoms with Crippen molar-refractivity contribution in [3.8, 4) is 0 Å². The van der Waals surface area contributed by atoms with Crippen LogP contribution in [0.25, 0.3) is 10.9 Å². The number of aryl methyl sites for hydroxylation is 2. The molecule has 0 atom stereocenters. The van der Waals surface area contributed by atoms with Crippen LogP contribution >= 0.6 is 0 Å². The SMILES string of the molecule is CCn1c(C)cc2cc(NC(=O)CCNS(C)(=O)=O)ccc21. The van der Waals surface area contributed by atoms with E-state index in [1.54, 1.807) is 0 Å². The van der Waals surface area contributed by atoms with Crippen LogP contribution in [-0.2, 0) is 21.4 Å². The average molecular weight is 323 g/mol. The van der Waals surface area contributed by atoms with Crippen molar-refractivity contribution in [3.05, 3.63) is 30.0 Å². The zero-order chi connectivity index (χ0) is 16.3. The minimum Gasteiger partial charge on any atom is -0.345 e. The summed E-state index contributed by atoms with van der Waals surface area (Å²) >= 11 is 0. The van der Waals surface area contributed by atoms with Crippen molar-refractivity contribution in [3.63, 3.8) is 0 Å². The predicted molar refractivity (Wildman–Crippen MR) is 88.4 cm³/mol. The van der Waals surface area contributed by atoms with Gasteiger partial charge < -0.3 is 9.88 Å². The molecule has 0 radical (unpaired) electrons. The van der Waals surface area contributed by atoms with E-state index >= 15 is 0 Å². The zero-order valence-corrected chi connectivity index (χ0v) is 13.8. The highest BCUT2D eigenvalue weighted by molar-refractivity contribution is 7.88. The summed E-state index contributed by atoms with van der Waals surface area (Å²) in [5.41, 5.74) is 3.03. The van der Waals surface area contributed by atoms with Gasteiger partial charge in [-0.1, -0.05) is 0 Å². The van der Waals surface area contributed by atoms with E-state index in [9.17, 15) is 13.2 Å². The first-order valence-corrected chi connectivity index (χ1v) is 9.03. The molecule has 0 aliphatic carbocycles. The van der Waals surface area contributed by atoms with E-state index in [2.05, 4.69) is 34.5 Å². The van der Waals surface area contributed by atoms with E-state index in [1.807, 2.05) is 18.2 Å². The fraction of sp³-hybridized carbons (Fsp3) is 0.400. The Hall–Kier alpha value is -1.86. The summed E-state index contributed by atoms with van der Waals surface area (Å²) < 4.78 is 26.4. The molecule has 0 fully saturated rings. The van der Waals surface area contributed by atoms with Crippen LogP contribution in [0.1, 0.15) is 19.0 Å². The van der Waals surface area contributed by atoms with E-state index in [1.165, 1.54) is 5.69 Å². The van der Waals surface area contributed by atoms with Crippen molar-refractivity contribution >= 4 is 32.5 Å². The number of aromatic nitrogens is 1. The maximum atomic E-state index is 11.8. The number of hydrogen-bond acceptors (Lipinski definition) is 3. The van der Waals surface area contributed by atoms with Crippen molar-refractivity contribution < 1.29 is 13.2 Å². The van der Waals surface area contributed by atoms with Gasteiger partial charge in [0, 0.05) is 41.8 Å². The van der Waals surface area contributed by atoms with Crippen LogP contribution in [0.15, 0.2) is 24.3 Å². The van der Waals surface area contributed by atoms with Gasteiger partial charge in [0.05, 0.1) is 6.26 Å². The third-order valence-corrected chi connectivity index (χ3v) is 4.15. The smallest absolute Gasteiger partial charge is 0.225 e. The van der Waals surface area contributed by atoms with Crippen LogP contribution in [0.4, 0.5) is 5.69 Å². The van der Waals surface area contributed by atoms with E-state index in [4.69, 9.17) is 0 Å². The number of carbonyl (C=O) groups is 1. The molecule has 0 saturated heterocycles. The summed E-state index contributed by atoms with van der Waals surface area (Å²) in [7, 11) is -3.26. The van der Waals surface area contributed by atoms with Crippen LogP contribution in [0.2, 0.25) is 0 Å². The van der Waals surface area contributed by atoms with Gasteiger partial charge in [0.2, 0.25) is 15.9 Å². The van der Waals surface area contributed by atoms with Gasteiger partial charge in [-0.15, -0.1) is 0 Å². The molecule has 0 unspecified atom stereocenters. The summed E-state index contributed by atoms with van der Waals surface area (Å²) in [6.07, 6.45) is 1.17. The number of rotatable bonds is 6. The van der Waals surface area contributed by atoms with Gasteiger partial charge in [0.15, 0.2) is 0 Å². The molecule has 1 amide bonds. The Morgan fingerprint density at radius 3 is 2.64 bits per heavy atom. The molecule has 2 N–H and O–H groups in total. The van der Waals surface area contributed by atoms with Gasteiger partial charge in [-0.3, -0.25) is 4.79 Å². The fourth-order valence-corrected chi connectivity index (χ4v) is 2.95. The Morgan fingerprint density at radius 2 is 2.00 bits per heavy atom. The van der Waals surface area contributed by atoms with Crippen molar-refractivity contribution in [2.24, 2.45) is 0 Å². The molecule has 120 valence electrons.